The Morgan fingerprint density at radius 1 is 1.33 bits per heavy atom. The molecule has 2 aromatic rings. The first kappa shape index (κ1) is 16.1. The van der Waals surface area contributed by atoms with Gasteiger partial charge >= 0.3 is 0 Å². The van der Waals surface area contributed by atoms with Crippen LogP contribution < -0.4 is 5.32 Å². The van der Waals surface area contributed by atoms with Crippen molar-refractivity contribution in [2.24, 2.45) is 7.05 Å². The van der Waals surface area contributed by atoms with Gasteiger partial charge in [0.2, 0.25) is 0 Å². The normalized spacial score (nSPS) is 12.5. The lowest BCUT2D eigenvalue weighted by Crippen LogP contribution is -2.26. The van der Waals surface area contributed by atoms with Crippen LogP contribution in [0.15, 0.2) is 34.9 Å². The van der Waals surface area contributed by atoms with E-state index in [0.29, 0.717) is 5.92 Å². The van der Waals surface area contributed by atoms with Gasteiger partial charge in [0.1, 0.15) is 0 Å². The van der Waals surface area contributed by atoms with E-state index in [2.05, 4.69) is 55.8 Å². The highest BCUT2D eigenvalue weighted by molar-refractivity contribution is 9.10. The van der Waals surface area contributed by atoms with Gasteiger partial charge in [-0.25, -0.2) is 0 Å². The summed E-state index contributed by atoms with van der Waals surface area (Å²) in [6, 6.07) is 8.47. The van der Waals surface area contributed by atoms with Crippen molar-refractivity contribution in [3.8, 4) is 0 Å². The molecule has 6 heteroatoms. The predicted octanol–water partition coefficient (Wildman–Crippen LogP) is 2.14. The number of rotatable bonds is 8. The second-order valence-electron chi connectivity index (χ2n) is 5.03. The third-order valence-electron chi connectivity index (χ3n) is 3.32. The fourth-order valence-corrected chi connectivity index (χ4v) is 2.50. The van der Waals surface area contributed by atoms with Crippen molar-refractivity contribution in [3.05, 3.63) is 46.2 Å². The van der Waals surface area contributed by atoms with Gasteiger partial charge in [0, 0.05) is 50.3 Å². The van der Waals surface area contributed by atoms with Gasteiger partial charge in [0.25, 0.3) is 0 Å². The number of halogens is 1. The van der Waals surface area contributed by atoms with Crippen LogP contribution in [0.4, 0.5) is 0 Å². The average Bonchev–Trinajstić information content (AvgIpc) is 2.88. The van der Waals surface area contributed by atoms with Crippen molar-refractivity contribution in [2.75, 3.05) is 26.8 Å². The van der Waals surface area contributed by atoms with Gasteiger partial charge in [0.15, 0.2) is 0 Å². The largest absolute Gasteiger partial charge is 0.383 e. The quantitative estimate of drug-likeness (QED) is 0.739. The molecular weight excluding hydrogens is 332 g/mol. The topological polar surface area (TPSA) is 52.0 Å². The molecule has 0 saturated heterocycles. The molecule has 0 aliphatic rings. The van der Waals surface area contributed by atoms with E-state index in [1.54, 1.807) is 11.8 Å². The zero-order valence-electron chi connectivity index (χ0n) is 12.4. The summed E-state index contributed by atoms with van der Waals surface area (Å²) >= 11 is 3.48. The van der Waals surface area contributed by atoms with E-state index in [1.165, 1.54) is 5.56 Å². The maximum Gasteiger partial charge on any atom is 0.0833 e. The van der Waals surface area contributed by atoms with E-state index in [-0.39, 0.29) is 0 Å². The molecule has 1 N–H and O–H groups in total. The second kappa shape index (κ2) is 8.26. The number of aromatic nitrogens is 3. The van der Waals surface area contributed by atoms with Crippen LogP contribution in [0.3, 0.4) is 0 Å². The van der Waals surface area contributed by atoms with Crippen molar-refractivity contribution in [3.63, 3.8) is 0 Å². The van der Waals surface area contributed by atoms with Gasteiger partial charge in [-0.15, -0.1) is 5.10 Å². The number of benzene rings is 1. The minimum atomic E-state index is 0.367. The van der Waals surface area contributed by atoms with Crippen LogP contribution in [0.1, 0.15) is 17.2 Å². The standard InChI is InChI=1S/C15H21BrN4O/c1-20-11-15(18-19-20)9-13(10-17-7-8-21-2)12-3-5-14(16)6-4-12/h3-6,11,13,17H,7-10H2,1-2H3. The van der Waals surface area contributed by atoms with E-state index in [0.717, 1.165) is 36.3 Å². The van der Waals surface area contributed by atoms with Gasteiger partial charge < -0.3 is 10.1 Å². The van der Waals surface area contributed by atoms with Gasteiger partial charge in [-0.3, -0.25) is 4.68 Å². The predicted molar refractivity (Wildman–Crippen MR) is 86.3 cm³/mol. The van der Waals surface area contributed by atoms with Gasteiger partial charge in [0.05, 0.1) is 12.3 Å². The summed E-state index contributed by atoms with van der Waals surface area (Å²) in [5.41, 5.74) is 2.31. The molecule has 0 aliphatic carbocycles. The average molecular weight is 353 g/mol. The Kier molecular flexibility index (Phi) is 6.35. The minimum absolute atomic E-state index is 0.367. The summed E-state index contributed by atoms with van der Waals surface area (Å²) in [5.74, 6) is 0.367. The van der Waals surface area contributed by atoms with Crippen LogP contribution >= 0.6 is 15.9 Å². The third kappa shape index (κ3) is 5.22. The van der Waals surface area contributed by atoms with Crippen molar-refractivity contribution in [1.29, 1.82) is 0 Å². The summed E-state index contributed by atoms with van der Waals surface area (Å²) in [4.78, 5) is 0. The molecule has 0 spiro atoms. The highest BCUT2D eigenvalue weighted by Crippen LogP contribution is 2.21. The number of hydrogen-bond acceptors (Lipinski definition) is 4. The van der Waals surface area contributed by atoms with Crippen LogP contribution in [0, 0.1) is 0 Å². The van der Waals surface area contributed by atoms with E-state index in [9.17, 15) is 0 Å². The molecule has 0 fully saturated rings. The summed E-state index contributed by atoms with van der Waals surface area (Å²) in [5, 5.41) is 11.6. The lowest BCUT2D eigenvalue weighted by atomic mass is 9.94. The molecule has 2 rings (SSSR count). The maximum atomic E-state index is 5.07. The fourth-order valence-electron chi connectivity index (χ4n) is 2.23. The smallest absolute Gasteiger partial charge is 0.0833 e. The summed E-state index contributed by atoms with van der Waals surface area (Å²) in [6.07, 6.45) is 2.84. The van der Waals surface area contributed by atoms with Gasteiger partial charge in [-0.2, -0.15) is 0 Å². The fraction of sp³-hybridized carbons (Fsp3) is 0.467. The number of methoxy groups -OCH3 is 1. The highest BCUT2D eigenvalue weighted by Gasteiger charge is 2.14. The molecule has 21 heavy (non-hydrogen) atoms. The molecular formula is C15H21BrN4O. The van der Waals surface area contributed by atoms with Crippen molar-refractivity contribution >= 4 is 15.9 Å². The molecule has 0 aliphatic heterocycles. The number of nitrogens with one attached hydrogen (secondary N) is 1. The van der Waals surface area contributed by atoms with E-state index in [4.69, 9.17) is 4.74 Å². The third-order valence-corrected chi connectivity index (χ3v) is 3.85. The van der Waals surface area contributed by atoms with Crippen LogP contribution in [0.2, 0.25) is 0 Å². The van der Waals surface area contributed by atoms with Crippen LogP contribution in [-0.2, 0) is 18.2 Å². The van der Waals surface area contributed by atoms with E-state index >= 15 is 0 Å². The zero-order valence-corrected chi connectivity index (χ0v) is 14.0. The SMILES string of the molecule is COCCNCC(Cc1cn(C)nn1)c1ccc(Br)cc1. The first-order chi connectivity index (χ1) is 10.2. The van der Waals surface area contributed by atoms with Gasteiger partial charge in [-0.05, 0) is 17.7 Å². The van der Waals surface area contributed by atoms with Crippen LogP contribution in [0.25, 0.3) is 0 Å². The van der Waals surface area contributed by atoms with Crippen molar-refractivity contribution < 1.29 is 4.74 Å². The van der Waals surface area contributed by atoms with Crippen molar-refractivity contribution in [1.82, 2.24) is 20.3 Å². The summed E-state index contributed by atoms with van der Waals surface area (Å²) < 4.78 is 7.91. The molecule has 5 nitrogen and oxygen atoms in total. The Morgan fingerprint density at radius 2 is 2.10 bits per heavy atom. The highest BCUT2D eigenvalue weighted by atomic mass is 79.9. The summed E-state index contributed by atoms with van der Waals surface area (Å²) in [6.45, 7) is 2.46. The Hall–Kier alpha value is -1.24. The first-order valence-corrected chi connectivity index (χ1v) is 7.78. The zero-order chi connectivity index (χ0) is 15.1. The Labute approximate surface area is 133 Å². The summed E-state index contributed by atoms with van der Waals surface area (Å²) in [7, 11) is 3.61. The molecule has 1 aromatic carbocycles. The number of ether oxygens (including phenoxy) is 1. The molecule has 1 heterocycles. The monoisotopic (exact) mass is 352 g/mol. The maximum absolute atomic E-state index is 5.07. The molecule has 1 aromatic heterocycles. The Balaban J connectivity index is 2.04. The van der Waals surface area contributed by atoms with Crippen LogP contribution in [0.5, 0.6) is 0 Å². The number of hydrogen-bond donors (Lipinski definition) is 1. The molecule has 1 unspecified atom stereocenters. The molecule has 114 valence electrons. The minimum Gasteiger partial charge on any atom is -0.383 e. The van der Waals surface area contributed by atoms with E-state index in [1.807, 2.05) is 13.2 Å². The molecule has 0 bridgehead atoms. The Bertz CT molecular complexity index is 541. The molecule has 0 amide bonds. The van der Waals surface area contributed by atoms with Gasteiger partial charge in [-0.1, -0.05) is 33.3 Å². The number of nitrogens with zero attached hydrogens (tertiary/aromatic N) is 3. The van der Waals surface area contributed by atoms with Crippen molar-refractivity contribution in [2.45, 2.75) is 12.3 Å². The first-order valence-electron chi connectivity index (χ1n) is 6.99. The molecule has 0 saturated carbocycles. The molecule has 1 atom stereocenters. The Morgan fingerprint density at radius 3 is 2.71 bits per heavy atom. The van der Waals surface area contributed by atoms with E-state index < -0.39 is 0 Å². The lowest BCUT2D eigenvalue weighted by Gasteiger charge is -2.17. The lowest BCUT2D eigenvalue weighted by molar-refractivity contribution is 0.199. The molecule has 0 radical (unpaired) electrons. The number of aryl methyl sites for hydroxylation is 1. The second-order valence-corrected chi connectivity index (χ2v) is 5.95. The van der Waals surface area contributed by atoms with Crippen LogP contribution in [-0.4, -0.2) is 41.8 Å².